The van der Waals surface area contributed by atoms with Gasteiger partial charge in [-0.25, -0.2) is 8.78 Å². The monoisotopic (exact) mass is 305 g/mol. The molecule has 0 saturated heterocycles. The summed E-state index contributed by atoms with van der Waals surface area (Å²) in [4.78, 5) is 1.92. The average Bonchev–Trinajstić information content (AvgIpc) is 2.52. The van der Waals surface area contributed by atoms with E-state index in [4.69, 9.17) is 9.47 Å². The van der Waals surface area contributed by atoms with Crippen LogP contribution in [0.2, 0.25) is 0 Å². The molecule has 1 heterocycles. The zero-order valence-electron chi connectivity index (χ0n) is 12.3. The van der Waals surface area contributed by atoms with Gasteiger partial charge in [-0.3, -0.25) is 4.90 Å². The molecular weight excluding hydrogens is 288 g/mol. The van der Waals surface area contributed by atoms with Crippen LogP contribution in [0.1, 0.15) is 11.1 Å². The lowest BCUT2D eigenvalue weighted by Crippen LogP contribution is -2.19. The van der Waals surface area contributed by atoms with E-state index in [-0.39, 0.29) is 0 Å². The molecular formula is C17H17F2NO2. The summed E-state index contributed by atoms with van der Waals surface area (Å²) in [6, 6.07) is 9.99. The van der Waals surface area contributed by atoms with Gasteiger partial charge in [0.1, 0.15) is 13.2 Å². The van der Waals surface area contributed by atoms with Crippen LogP contribution in [0.5, 0.6) is 11.5 Å². The van der Waals surface area contributed by atoms with Gasteiger partial charge < -0.3 is 9.47 Å². The third kappa shape index (κ3) is 3.20. The van der Waals surface area contributed by atoms with Gasteiger partial charge in [-0.05, 0) is 30.8 Å². The summed E-state index contributed by atoms with van der Waals surface area (Å²) in [6.45, 7) is 2.04. The van der Waals surface area contributed by atoms with Gasteiger partial charge >= 0.3 is 0 Å². The van der Waals surface area contributed by atoms with Gasteiger partial charge in [-0.2, -0.15) is 0 Å². The summed E-state index contributed by atoms with van der Waals surface area (Å²) >= 11 is 0. The third-order valence-electron chi connectivity index (χ3n) is 3.53. The molecule has 0 fully saturated rings. The summed E-state index contributed by atoms with van der Waals surface area (Å²) in [7, 11) is 1.86. The lowest BCUT2D eigenvalue weighted by atomic mass is 10.1. The minimum atomic E-state index is -0.815. The maximum atomic E-state index is 13.7. The molecule has 0 unspecified atom stereocenters. The Balaban J connectivity index is 1.69. The second-order valence-corrected chi connectivity index (χ2v) is 5.36. The fourth-order valence-corrected chi connectivity index (χ4v) is 2.52. The molecule has 0 radical (unpaired) electrons. The lowest BCUT2D eigenvalue weighted by molar-refractivity contribution is 0.171. The largest absolute Gasteiger partial charge is 0.486 e. The fourth-order valence-electron chi connectivity index (χ4n) is 2.52. The van der Waals surface area contributed by atoms with Crippen LogP contribution in [0.25, 0.3) is 0 Å². The quantitative estimate of drug-likeness (QED) is 0.864. The molecule has 3 rings (SSSR count). The molecule has 116 valence electrons. The Hall–Kier alpha value is -2.14. The van der Waals surface area contributed by atoms with Crippen molar-refractivity contribution in [1.82, 2.24) is 4.90 Å². The molecule has 0 amide bonds. The van der Waals surface area contributed by atoms with Crippen LogP contribution in [0.15, 0.2) is 36.4 Å². The first kappa shape index (κ1) is 14.8. The van der Waals surface area contributed by atoms with Crippen LogP contribution in [0, 0.1) is 11.6 Å². The number of rotatable bonds is 4. The van der Waals surface area contributed by atoms with Crippen molar-refractivity contribution in [3.8, 4) is 11.5 Å². The van der Waals surface area contributed by atoms with Gasteiger partial charge in [0.05, 0.1) is 0 Å². The third-order valence-corrected chi connectivity index (χ3v) is 3.53. The molecule has 0 bridgehead atoms. The Kier molecular flexibility index (Phi) is 4.24. The molecule has 3 nitrogen and oxygen atoms in total. The van der Waals surface area contributed by atoms with E-state index in [9.17, 15) is 8.78 Å². The summed E-state index contributed by atoms with van der Waals surface area (Å²) < 4.78 is 37.9. The summed E-state index contributed by atoms with van der Waals surface area (Å²) in [5.41, 5.74) is 1.38. The number of halogens is 2. The van der Waals surface area contributed by atoms with E-state index >= 15 is 0 Å². The van der Waals surface area contributed by atoms with Crippen LogP contribution in [0.3, 0.4) is 0 Å². The predicted octanol–water partition coefficient (Wildman–Crippen LogP) is 3.37. The van der Waals surface area contributed by atoms with Gasteiger partial charge in [-0.1, -0.05) is 18.2 Å². The minimum absolute atomic E-state index is 0.331. The first-order chi connectivity index (χ1) is 10.6. The van der Waals surface area contributed by atoms with Crippen LogP contribution < -0.4 is 9.47 Å². The van der Waals surface area contributed by atoms with Crippen molar-refractivity contribution >= 4 is 0 Å². The van der Waals surface area contributed by atoms with Gasteiger partial charge in [0.2, 0.25) is 0 Å². The number of hydrogen-bond acceptors (Lipinski definition) is 3. The number of nitrogens with zero attached hydrogens (tertiary/aromatic N) is 1. The van der Waals surface area contributed by atoms with Crippen molar-refractivity contribution in [3.05, 3.63) is 59.2 Å². The molecule has 1 aliphatic rings. The molecule has 5 heteroatoms. The van der Waals surface area contributed by atoms with Crippen molar-refractivity contribution in [1.29, 1.82) is 0 Å². The Bertz CT molecular complexity index is 676. The van der Waals surface area contributed by atoms with Gasteiger partial charge in [0.15, 0.2) is 23.1 Å². The smallest absolute Gasteiger partial charge is 0.163 e. The Morgan fingerprint density at radius 3 is 2.59 bits per heavy atom. The van der Waals surface area contributed by atoms with E-state index in [0.717, 1.165) is 23.1 Å². The van der Waals surface area contributed by atoms with Crippen molar-refractivity contribution in [2.75, 3.05) is 20.3 Å². The summed E-state index contributed by atoms with van der Waals surface area (Å²) in [5, 5.41) is 0. The van der Waals surface area contributed by atoms with Crippen molar-refractivity contribution in [3.63, 3.8) is 0 Å². The van der Waals surface area contributed by atoms with E-state index in [0.29, 0.717) is 31.9 Å². The second-order valence-electron chi connectivity index (χ2n) is 5.36. The van der Waals surface area contributed by atoms with E-state index in [1.807, 2.05) is 30.1 Å². The Labute approximate surface area is 128 Å². The maximum Gasteiger partial charge on any atom is 0.163 e. The summed E-state index contributed by atoms with van der Waals surface area (Å²) in [6.07, 6.45) is 0. The molecule has 2 aromatic rings. The fraction of sp³-hybridized carbons (Fsp3) is 0.294. The van der Waals surface area contributed by atoms with E-state index < -0.39 is 11.6 Å². The average molecular weight is 305 g/mol. The number of hydrogen-bond donors (Lipinski definition) is 0. The SMILES string of the molecule is CN(Cc1ccc2c(c1)OCCO2)Cc1cccc(F)c1F. The van der Waals surface area contributed by atoms with Crippen molar-refractivity contribution < 1.29 is 18.3 Å². The molecule has 1 aliphatic heterocycles. The minimum Gasteiger partial charge on any atom is -0.486 e. The zero-order chi connectivity index (χ0) is 15.5. The van der Waals surface area contributed by atoms with Crippen LogP contribution >= 0.6 is 0 Å². The Morgan fingerprint density at radius 1 is 1.00 bits per heavy atom. The molecule has 0 aromatic heterocycles. The highest BCUT2D eigenvalue weighted by Crippen LogP contribution is 2.31. The number of fused-ring (bicyclic) bond motifs is 1. The number of benzene rings is 2. The van der Waals surface area contributed by atoms with Gasteiger partial charge in [0, 0.05) is 18.7 Å². The van der Waals surface area contributed by atoms with Crippen molar-refractivity contribution in [2.45, 2.75) is 13.1 Å². The molecule has 0 saturated carbocycles. The highest BCUT2D eigenvalue weighted by atomic mass is 19.2. The Morgan fingerprint density at radius 2 is 1.77 bits per heavy atom. The normalized spacial score (nSPS) is 13.5. The van der Waals surface area contributed by atoms with E-state index in [2.05, 4.69) is 0 Å². The first-order valence-corrected chi connectivity index (χ1v) is 7.13. The standard InChI is InChI=1S/C17H17F2NO2/c1-20(11-13-3-2-4-14(18)17(13)19)10-12-5-6-15-16(9-12)22-8-7-21-15/h2-6,9H,7-8,10-11H2,1H3. The van der Waals surface area contributed by atoms with Crippen LogP contribution in [-0.2, 0) is 13.1 Å². The first-order valence-electron chi connectivity index (χ1n) is 7.13. The van der Waals surface area contributed by atoms with Crippen molar-refractivity contribution in [2.24, 2.45) is 0 Å². The molecule has 2 aromatic carbocycles. The van der Waals surface area contributed by atoms with E-state index in [1.54, 1.807) is 6.07 Å². The highest BCUT2D eigenvalue weighted by molar-refractivity contribution is 5.43. The summed E-state index contributed by atoms with van der Waals surface area (Å²) in [5.74, 6) is -0.121. The van der Waals surface area contributed by atoms with Gasteiger partial charge in [0.25, 0.3) is 0 Å². The predicted molar refractivity (Wildman–Crippen MR) is 79.0 cm³/mol. The van der Waals surface area contributed by atoms with Crippen LogP contribution in [0.4, 0.5) is 8.78 Å². The molecule has 0 aliphatic carbocycles. The topological polar surface area (TPSA) is 21.7 Å². The lowest BCUT2D eigenvalue weighted by Gasteiger charge is -2.21. The second kappa shape index (κ2) is 6.32. The molecule has 0 N–H and O–H groups in total. The maximum absolute atomic E-state index is 13.7. The van der Waals surface area contributed by atoms with Crippen LogP contribution in [-0.4, -0.2) is 25.2 Å². The van der Waals surface area contributed by atoms with Gasteiger partial charge in [-0.15, -0.1) is 0 Å². The molecule has 0 atom stereocenters. The molecule has 22 heavy (non-hydrogen) atoms. The van der Waals surface area contributed by atoms with E-state index in [1.165, 1.54) is 6.07 Å². The highest BCUT2D eigenvalue weighted by Gasteiger charge is 2.14. The number of ether oxygens (including phenoxy) is 2. The molecule has 0 spiro atoms. The zero-order valence-corrected chi connectivity index (χ0v) is 12.3.